The van der Waals surface area contributed by atoms with E-state index in [1.807, 2.05) is 7.05 Å². The number of sulfone groups is 1. The monoisotopic (exact) mass is 257 g/mol. The van der Waals surface area contributed by atoms with E-state index in [0.29, 0.717) is 17.0 Å². The maximum Gasteiger partial charge on any atom is 0.178 e. The lowest BCUT2D eigenvalue weighted by molar-refractivity contribution is 0.278. The third-order valence-corrected chi connectivity index (χ3v) is 4.50. The van der Waals surface area contributed by atoms with Crippen LogP contribution in [0.2, 0.25) is 0 Å². The number of nitrogens with one attached hydrogen (secondary N) is 1. The smallest absolute Gasteiger partial charge is 0.178 e. The molecule has 1 heterocycles. The molecule has 2 rings (SSSR count). The topological polar surface area (TPSA) is 64.0 Å². The lowest BCUT2D eigenvalue weighted by Gasteiger charge is -2.28. The van der Waals surface area contributed by atoms with Crippen LogP contribution in [0.5, 0.6) is 0 Å². The van der Waals surface area contributed by atoms with E-state index in [0.717, 1.165) is 19.3 Å². The molecular weight excluding hydrogens is 238 g/mol. The third-order valence-electron chi connectivity index (χ3n) is 3.43. The summed E-state index contributed by atoms with van der Waals surface area (Å²) >= 11 is 0. The van der Waals surface area contributed by atoms with Gasteiger partial charge in [0.1, 0.15) is 4.90 Å². The Morgan fingerprint density at radius 1 is 1.47 bits per heavy atom. The van der Waals surface area contributed by atoms with Gasteiger partial charge in [-0.25, -0.2) is 8.42 Å². The van der Waals surface area contributed by atoms with E-state index >= 15 is 0 Å². The molecule has 0 spiro atoms. The maximum absolute atomic E-state index is 11.4. The summed E-state index contributed by atoms with van der Waals surface area (Å²) in [5, 5.41) is 7.47. The Balaban J connectivity index is 2.15. The Morgan fingerprint density at radius 3 is 2.82 bits per heavy atom. The normalized spacial score (nSPS) is 26.0. The Hall–Kier alpha value is -0.880. The van der Waals surface area contributed by atoms with Gasteiger partial charge in [-0.05, 0) is 32.7 Å². The van der Waals surface area contributed by atoms with Crippen LogP contribution in [-0.2, 0) is 9.84 Å². The molecule has 0 aromatic carbocycles. The Morgan fingerprint density at radius 2 is 2.24 bits per heavy atom. The van der Waals surface area contributed by atoms with E-state index in [4.69, 9.17) is 0 Å². The van der Waals surface area contributed by atoms with Crippen molar-refractivity contribution in [1.82, 2.24) is 15.1 Å². The molecule has 1 N–H and O–H groups in total. The molecule has 5 nitrogen and oxygen atoms in total. The SMILES string of the molecule is CNC1CCCC(n2cc(S(C)(=O)=O)cn2)C1. The zero-order valence-electron chi connectivity index (χ0n) is 10.3. The van der Waals surface area contributed by atoms with Crippen LogP contribution in [0, 0.1) is 0 Å². The molecule has 1 aliphatic carbocycles. The standard InChI is InChI=1S/C11H19N3O2S/c1-12-9-4-3-5-10(6-9)14-8-11(7-13-14)17(2,15)16/h7-10,12H,3-6H2,1-2H3. The second-order valence-electron chi connectivity index (χ2n) is 4.73. The number of aromatic nitrogens is 2. The van der Waals surface area contributed by atoms with E-state index in [-0.39, 0.29) is 0 Å². The van der Waals surface area contributed by atoms with Gasteiger partial charge < -0.3 is 5.32 Å². The van der Waals surface area contributed by atoms with Crippen LogP contribution in [0.25, 0.3) is 0 Å². The van der Waals surface area contributed by atoms with Crippen LogP contribution in [0.1, 0.15) is 31.7 Å². The van der Waals surface area contributed by atoms with Gasteiger partial charge in [-0.3, -0.25) is 4.68 Å². The molecule has 0 amide bonds. The van der Waals surface area contributed by atoms with Gasteiger partial charge in [-0.2, -0.15) is 5.10 Å². The van der Waals surface area contributed by atoms with Crippen molar-refractivity contribution in [3.8, 4) is 0 Å². The van der Waals surface area contributed by atoms with Crippen LogP contribution >= 0.6 is 0 Å². The van der Waals surface area contributed by atoms with Crippen molar-refractivity contribution >= 4 is 9.84 Å². The molecule has 1 saturated carbocycles. The summed E-state index contributed by atoms with van der Waals surface area (Å²) in [6.45, 7) is 0. The fourth-order valence-corrected chi connectivity index (χ4v) is 2.92. The summed E-state index contributed by atoms with van der Waals surface area (Å²) < 4.78 is 24.6. The molecule has 2 atom stereocenters. The Kier molecular flexibility index (Phi) is 3.53. The van der Waals surface area contributed by atoms with Crippen molar-refractivity contribution in [2.45, 2.75) is 42.7 Å². The highest BCUT2D eigenvalue weighted by atomic mass is 32.2. The molecule has 17 heavy (non-hydrogen) atoms. The number of rotatable bonds is 3. The number of hydrogen-bond acceptors (Lipinski definition) is 4. The summed E-state index contributed by atoms with van der Waals surface area (Å²) in [7, 11) is -1.17. The van der Waals surface area contributed by atoms with Gasteiger partial charge in [0.25, 0.3) is 0 Å². The molecule has 96 valence electrons. The predicted molar refractivity (Wildman–Crippen MR) is 65.7 cm³/mol. The zero-order chi connectivity index (χ0) is 12.5. The molecule has 0 bridgehead atoms. The van der Waals surface area contributed by atoms with Crippen LogP contribution in [0.3, 0.4) is 0 Å². The third kappa shape index (κ3) is 2.87. The lowest BCUT2D eigenvalue weighted by Crippen LogP contribution is -2.32. The van der Waals surface area contributed by atoms with Gasteiger partial charge in [-0.1, -0.05) is 0 Å². The average Bonchev–Trinajstić information content (AvgIpc) is 2.78. The van der Waals surface area contributed by atoms with E-state index < -0.39 is 9.84 Å². The first kappa shape index (κ1) is 12.6. The van der Waals surface area contributed by atoms with Crippen molar-refractivity contribution in [2.75, 3.05) is 13.3 Å². The van der Waals surface area contributed by atoms with Crippen molar-refractivity contribution in [2.24, 2.45) is 0 Å². The molecule has 1 aliphatic rings. The lowest BCUT2D eigenvalue weighted by atomic mass is 9.91. The van der Waals surface area contributed by atoms with Crippen molar-refractivity contribution in [3.05, 3.63) is 12.4 Å². The van der Waals surface area contributed by atoms with E-state index in [1.165, 1.54) is 18.9 Å². The first-order chi connectivity index (χ1) is 8.00. The quantitative estimate of drug-likeness (QED) is 0.877. The van der Waals surface area contributed by atoms with Crippen LogP contribution < -0.4 is 5.32 Å². The van der Waals surface area contributed by atoms with Crippen LogP contribution in [0.4, 0.5) is 0 Å². The van der Waals surface area contributed by atoms with Gasteiger partial charge >= 0.3 is 0 Å². The highest BCUT2D eigenvalue weighted by Crippen LogP contribution is 2.28. The molecule has 2 unspecified atom stereocenters. The molecule has 0 saturated heterocycles. The summed E-state index contributed by atoms with van der Waals surface area (Å²) in [6, 6.07) is 0.830. The minimum Gasteiger partial charge on any atom is -0.317 e. The molecule has 0 aliphatic heterocycles. The predicted octanol–water partition coefficient (Wildman–Crippen LogP) is 0.990. The largest absolute Gasteiger partial charge is 0.317 e. The number of nitrogens with zero attached hydrogens (tertiary/aromatic N) is 2. The van der Waals surface area contributed by atoms with Crippen LogP contribution in [0.15, 0.2) is 17.3 Å². The molecule has 1 aromatic rings. The molecule has 1 fully saturated rings. The van der Waals surface area contributed by atoms with Crippen molar-refractivity contribution in [1.29, 1.82) is 0 Å². The summed E-state index contributed by atoms with van der Waals surface area (Å²) in [5.41, 5.74) is 0. The molecule has 1 aromatic heterocycles. The van der Waals surface area contributed by atoms with Gasteiger partial charge in [0.05, 0.1) is 12.2 Å². The van der Waals surface area contributed by atoms with E-state index in [2.05, 4.69) is 10.4 Å². The molecule has 6 heteroatoms. The van der Waals surface area contributed by atoms with Gasteiger partial charge in [0.2, 0.25) is 0 Å². The fourth-order valence-electron chi connectivity index (χ4n) is 2.38. The zero-order valence-corrected chi connectivity index (χ0v) is 11.1. The first-order valence-corrected chi connectivity index (χ1v) is 7.81. The summed E-state index contributed by atoms with van der Waals surface area (Å²) in [5.74, 6) is 0. The fraction of sp³-hybridized carbons (Fsp3) is 0.727. The van der Waals surface area contributed by atoms with Crippen molar-refractivity contribution in [3.63, 3.8) is 0 Å². The van der Waals surface area contributed by atoms with Gasteiger partial charge in [0, 0.05) is 18.5 Å². The first-order valence-electron chi connectivity index (χ1n) is 5.92. The average molecular weight is 257 g/mol. The molecule has 0 radical (unpaired) electrons. The molecular formula is C11H19N3O2S. The Bertz CT molecular complexity index is 481. The minimum atomic E-state index is -3.14. The number of hydrogen-bond donors (Lipinski definition) is 1. The second-order valence-corrected chi connectivity index (χ2v) is 6.75. The van der Waals surface area contributed by atoms with E-state index in [1.54, 1.807) is 10.9 Å². The highest BCUT2D eigenvalue weighted by Gasteiger charge is 2.23. The Labute approximate surface area is 102 Å². The minimum absolute atomic E-state index is 0.309. The van der Waals surface area contributed by atoms with E-state index in [9.17, 15) is 8.42 Å². The van der Waals surface area contributed by atoms with Gasteiger partial charge in [-0.15, -0.1) is 0 Å². The van der Waals surface area contributed by atoms with Gasteiger partial charge in [0.15, 0.2) is 9.84 Å². The summed E-state index contributed by atoms with van der Waals surface area (Å²) in [6.07, 6.45) is 8.74. The van der Waals surface area contributed by atoms with Crippen molar-refractivity contribution < 1.29 is 8.42 Å². The second kappa shape index (κ2) is 4.78. The van der Waals surface area contributed by atoms with Crippen LogP contribution in [-0.4, -0.2) is 37.5 Å². The highest BCUT2D eigenvalue weighted by molar-refractivity contribution is 7.90. The summed E-state index contributed by atoms with van der Waals surface area (Å²) in [4.78, 5) is 0.309. The maximum atomic E-state index is 11.4.